The quantitative estimate of drug-likeness (QED) is 0.0171. The van der Waals surface area contributed by atoms with Crippen molar-refractivity contribution in [2.45, 2.75) is 71.1 Å². The maximum absolute atomic E-state index is 10.8. The summed E-state index contributed by atoms with van der Waals surface area (Å²) in [5, 5.41) is 97.5. The number of non-ortho nitro benzene ring substituents is 2. The second kappa shape index (κ2) is 29.1. The van der Waals surface area contributed by atoms with Crippen LogP contribution in [0, 0.1) is 20.2 Å². The van der Waals surface area contributed by atoms with Crippen molar-refractivity contribution < 1.29 is 59.3 Å². The molecule has 0 spiro atoms. The van der Waals surface area contributed by atoms with Crippen LogP contribution in [0.3, 0.4) is 0 Å². The Labute approximate surface area is 395 Å². The second-order valence-electron chi connectivity index (χ2n) is 15.0. The van der Waals surface area contributed by atoms with Crippen LogP contribution in [0.5, 0.6) is 23.0 Å². The minimum atomic E-state index is -0.589. The topological polar surface area (TPSA) is 260 Å². The molecule has 0 amide bonds. The van der Waals surface area contributed by atoms with Gasteiger partial charge in [0.2, 0.25) is 0 Å². The van der Waals surface area contributed by atoms with Crippen LogP contribution in [0.15, 0.2) is 130 Å². The zero-order chi connectivity index (χ0) is 47.0. The number of unbranched alkanes of at least 4 members (excludes halogenated alkanes) is 9. The summed E-state index contributed by atoms with van der Waals surface area (Å²) in [6.45, 7) is 5.04. The summed E-state index contributed by atoms with van der Waals surface area (Å²) < 4.78 is 0. The Bertz CT molecular complexity index is 2370. The van der Waals surface area contributed by atoms with Crippen molar-refractivity contribution in [3.8, 4) is 23.0 Å². The van der Waals surface area contributed by atoms with E-state index >= 15 is 0 Å². The summed E-state index contributed by atoms with van der Waals surface area (Å²) in [6.07, 6.45) is 13.5. The maximum atomic E-state index is 10.8. The number of azo groups is 2. The molecule has 17 nitrogen and oxygen atoms in total. The van der Waals surface area contributed by atoms with Gasteiger partial charge in [-0.15, -0.1) is 20.5 Å². The molecular weight excluding hydrogens is 887 g/mol. The summed E-state index contributed by atoms with van der Waals surface area (Å²) in [5.74, 6) is -0.618. The van der Waals surface area contributed by atoms with Gasteiger partial charge >= 0.3 is 1.43 Å². The molecule has 0 saturated carbocycles. The molecule has 0 heterocycles. The number of nitro groups is 2. The Balaban J connectivity index is 0.000000343. The van der Waals surface area contributed by atoms with Crippen molar-refractivity contribution in [3.63, 3.8) is 0 Å². The molecule has 0 bridgehead atoms. The van der Waals surface area contributed by atoms with Gasteiger partial charge in [0.1, 0.15) is 45.7 Å². The normalized spacial score (nSPS) is 11.0. The molecule has 6 aromatic rings. The van der Waals surface area contributed by atoms with E-state index in [9.17, 15) is 40.7 Å². The van der Waals surface area contributed by atoms with E-state index in [0.717, 1.165) is 29.4 Å². The zero-order valence-corrected chi connectivity index (χ0v) is 38.1. The molecule has 350 valence electrons. The predicted molar refractivity (Wildman–Crippen MR) is 253 cm³/mol. The number of fused-ring (bicyclic) bond motifs is 2. The van der Waals surface area contributed by atoms with Crippen molar-refractivity contribution in [1.82, 2.24) is 4.90 Å². The third-order valence-corrected chi connectivity index (χ3v) is 10.3. The molecule has 6 aromatic carbocycles. The summed E-state index contributed by atoms with van der Waals surface area (Å²) in [6, 6.07) is 28.0. The smallest absolute Gasteiger partial charge is 0.506 e. The van der Waals surface area contributed by atoms with Crippen molar-refractivity contribution in [2.75, 3.05) is 32.8 Å². The first-order chi connectivity index (χ1) is 31.5. The summed E-state index contributed by atoms with van der Waals surface area (Å²) in [5.41, 5.74) is -0.0566. The number of hydrogen-bond donors (Lipinski definition) is 6. The number of nitro benzene ring substituents is 2. The molecule has 0 aliphatic heterocycles. The van der Waals surface area contributed by atoms with Crippen molar-refractivity contribution in [3.05, 3.63) is 129 Å². The second-order valence-corrected chi connectivity index (χ2v) is 15.0. The SMILES string of the molecule is CCCCCCCCCCCCN(CCO)CCO.O=[N+]([O-])c1ccc(O)c(N=Nc2c(O)ccc3ccccc23)c1.O=[N+]([O-])c1ccc(O)c(N=Nc2c(O)ccc3ccccc23)c1.[Cr].[H+]. The van der Waals surface area contributed by atoms with Crippen LogP contribution >= 0.6 is 0 Å². The Kier molecular flexibility index (Phi) is 23.7. The van der Waals surface area contributed by atoms with E-state index in [2.05, 4.69) is 32.3 Å². The number of hydrogen-bond acceptors (Lipinski definition) is 15. The number of phenolic OH excluding ortho intramolecular Hbond substituents is 4. The van der Waals surface area contributed by atoms with Gasteiger partial charge in [-0.3, -0.25) is 25.1 Å². The third kappa shape index (κ3) is 17.1. The first-order valence-electron chi connectivity index (χ1n) is 21.6. The number of aliphatic hydroxyl groups is 2. The number of rotatable bonds is 21. The molecule has 18 heteroatoms. The molecule has 0 fully saturated rings. The monoisotopic (exact) mass is 944 g/mol. The summed E-state index contributed by atoms with van der Waals surface area (Å²) in [7, 11) is 0. The average molecular weight is 945 g/mol. The van der Waals surface area contributed by atoms with Gasteiger partial charge in [-0.1, -0.05) is 125 Å². The minimum absolute atomic E-state index is 0. The van der Waals surface area contributed by atoms with Gasteiger partial charge in [0.15, 0.2) is 0 Å². The fraction of sp³-hybridized carbons (Fsp3) is 0.333. The first-order valence-corrected chi connectivity index (χ1v) is 21.6. The molecule has 0 aliphatic carbocycles. The number of nitrogens with zero attached hydrogens (tertiary/aromatic N) is 7. The van der Waals surface area contributed by atoms with Crippen LogP contribution in [0.4, 0.5) is 34.1 Å². The maximum Gasteiger partial charge on any atom is 1.00 e. The minimum Gasteiger partial charge on any atom is -0.506 e. The Morgan fingerprint density at radius 1 is 0.500 bits per heavy atom. The molecule has 6 N–H and O–H groups in total. The fourth-order valence-corrected chi connectivity index (χ4v) is 6.76. The van der Waals surface area contributed by atoms with Gasteiger partial charge in [0.05, 0.1) is 23.1 Å². The molecule has 0 atom stereocenters. The average Bonchev–Trinajstić information content (AvgIpc) is 3.30. The molecule has 6 rings (SSSR count). The van der Waals surface area contributed by atoms with Crippen LogP contribution in [0.2, 0.25) is 0 Å². The largest absolute Gasteiger partial charge is 1.00 e. The predicted octanol–water partition coefficient (Wildman–Crippen LogP) is 12.5. The molecule has 0 unspecified atom stereocenters. The van der Waals surface area contributed by atoms with Crippen LogP contribution < -0.4 is 0 Å². The Morgan fingerprint density at radius 2 is 0.879 bits per heavy atom. The van der Waals surface area contributed by atoms with E-state index < -0.39 is 9.85 Å². The molecule has 0 saturated heterocycles. The van der Waals surface area contributed by atoms with Gasteiger partial charge in [-0.2, -0.15) is 0 Å². The number of phenols is 4. The van der Waals surface area contributed by atoms with Crippen molar-refractivity contribution in [1.29, 1.82) is 0 Å². The number of benzene rings is 6. The molecule has 0 aliphatic rings. The van der Waals surface area contributed by atoms with Crippen LogP contribution in [-0.4, -0.2) is 78.2 Å². The zero-order valence-electron chi connectivity index (χ0n) is 37.9. The van der Waals surface area contributed by atoms with Gasteiger partial charge in [0, 0.05) is 65.5 Å². The Morgan fingerprint density at radius 3 is 1.27 bits per heavy atom. The van der Waals surface area contributed by atoms with Crippen LogP contribution in [0.1, 0.15) is 72.6 Å². The van der Waals surface area contributed by atoms with Crippen molar-refractivity contribution >= 4 is 55.7 Å². The molecular formula is C48H58CrN7O10+. The summed E-state index contributed by atoms with van der Waals surface area (Å²) in [4.78, 5) is 22.5. The van der Waals surface area contributed by atoms with Crippen LogP contribution in [0.25, 0.3) is 21.5 Å². The van der Waals surface area contributed by atoms with E-state index in [1.807, 2.05) is 24.3 Å². The van der Waals surface area contributed by atoms with Gasteiger partial charge < -0.3 is 30.6 Å². The van der Waals surface area contributed by atoms with E-state index in [1.165, 1.54) is 101 Å². The van der Waals surface area contributed by atoms with E-state index in [0.29, 0.717) is 23.9 Å². The van der Waals surface area contributed by atoms with E-state index in [4.69, 9.17) is 10.2 Å². The van der Waals surface area contributed by atoms with Gasteiger partial charge in [-0.25, -0.2) is 0 Å². The molecule has 0 radical (unpaired) electrons. The van der Waals surface area contributed by atoms with Crippen LogP contribution in [-0.2, 0) is 17.4 Å². The first kappa shape index (κ1) is 53.8. The molecule has 0 aromatic heterocycles. The summed E-state index contributed by atoms with van der Waals surface area (Å²) >= 11 is 0. The fourth-order valence-electron chi connectivity index (χ4n) is 6.76. The van der Waals surface area contributed by atoms with Gasteiger partial charge in [-0.05, 0) is 48.0 Å². The molecule has 66 heavy (non-hydrogen) atoms. The standard InChI is InChI=1S/2C16H11N3O4.C16H35NO2.Cr/c2*20-14-8-6-11(19(22)23)9-13(14)17-18-16-12-4-2-1-3-10(12)5-7-15(16)21;1-2-3-4-5-6-7-8-9-10-11-12-17(13-15-18)14-16-19;/h2*1-9,20-21H;18-19H,2-16H2,1H3;/p+1. The van der Waals surface area contributed by atoms with Crippen molar-refractivity contribution in [2.24, 2.45) is 20.5 Å². The third-order valence-electron chi connectivity index (χ3n) is 10.3. The number of aliphatic hydroxyl groups excluding tert-OH is 2. The Hall–Kier alpha value is -6.55. The number of aromatic hydroxyl groups is 4. The van der Waals surface area contributed by atoms with Gasteiger partial charge in [0.25, 0.3) is 11.4 Å². The van der Waals surface area contributed by atoms with E-state index in [-0.39, 0.29) is 89.1 Å². The van der Waals surface area contributed by atoms with E-state index in [1.54, 1.807) is 36.4 Å².